The van der Waals surface area contributed by atoms with E-state index < -0.39 is 0 Å². The van der Waals surface area contributed by atoms with Crippen LogP contribution in [-0.4, -0.2) is 0 Å². The van der Waals surface area contributed by atoms with Gasteiger partial charge < -0.3 is 0 Å². The van der Waals surface area contributed by atoms with Crippen LogP contribution in [0.25, 0.3) is 12.2 Å². The molecule has 0 unspecified atom stereocenters. The molecule has 0 spiro atoms. The Morgan fingerprint density at radius 1 is 0.852 bits per heavy atom. The van der Waals surface area contributed by atoms with Gasteiger partial charge in [0.2, 0.25) is 0 Å². The number of aryl methyl sites for hydroxylation is 1. The number of hydrogen-bond acceptors (Lipinski definition) is 0. The molecule has 3 aromatic rings. The molecule has 0 saturated heterocycles. The summed E-state index contributed by atoms with van der Waals surface area (Å²) >= 11 is 0. The molecule has 0 aliphatic rings. The summed E-state index contributed by atoms with van der Waals surface area (Å²) in [5.41, 5.74) is 5.39. The highest BCUT2D eigenvalue weighted by Gasteiger charge is 2.08. The summed E-state index contributed by atoms with van der Waals surface area (Å²) in [6.07, 6.45) is 6.91. The van der Waals surface area contributed by atoms with Crippen molar-refractivity contribution in [2.24, 2.45) is 0 Å². The van der Waals surface area contributed by atoms with Crippen molar-refractivity contribution in [3.63, 3.8) is 0 Å². The molecule has 0 bridgehead atoms. The summed E-state index contributed by atoms with van der Waals surface area (Å²) in [6, 6.07) is 24.4. The molecule has 1 heteroatoms. The van der Waals surface area contributed by atoms with Crippen molar-refractivity contribution in [3.05, 3.63) is 106 Å². The summed E-state index contributed by atoms with van der Waals surface area (Å²) in [5.74, 6) is 0.209. The van der Waals surface area contributed by atoms with Crippen molar-refractivity contribution >= 4 is 12.2 Å². The van der Waals surface area contributed by atoms with Crippen molar-refractivity contribution in [1.29, 1.82) is 0 Å². The maximum absolute atomic E-state index is 14.5. The lowest BCUT2D eigenvalue weighted by Gasteiger charge is -2.12. The Kier molecular flexibility index (Phi) is 6.59. The van der Waals surface area contributed by atoms with E-state index in [-0.39, 0.29) is 5.82 Å². The molecular formula is C26H27F. The molecule has 0 amide bonds. The van der Waals surface area contributed by atoms with Crippen LogP contribution in [0.3, 0.4) is 0 Å². The van der Waals surface area contributed by atoms with Gasteiger partial charge in [-0.1, -0.05) is 99.2 Å². The van der Waals surface area contributed by atoms with Gasteiger partial charge in [0.05, 0.1) is 0 Å². The molecular weight excluding hydrogens is 331 g/mol. The Bertz CT molecular complexity index is 876. The second kappa shape index (κ2) is 9.32. The molecule has 0 saturated carbocycles. The van der Waals surface area contributed by atoms with Gasteiger partial charge in [-0.3, -0.25) is 0 Å². The average molecular weight is 358 g/mol. The highest BCUT2D eigenvalue weighted by molar-refractivity contribution is 5.70. The molecule has 0 aliphatic carbocycles. The first-order valence-corrected chi connectivity index (χ1v) is 9.76. The largest absolute Gasteiger partial charge is 0.206 e. The minimum absolute atomic E-state index is 0.161. The first-order valence-electron chi connectivity index (χ1n) is 9.76. The zero-order chi connectivity index (χ0) is 19.1. The molecule has 0 aliphatic heterocycles. The third kappa shape index (κ3) is 5.40. The van der Waals surface area contributed by atoms with Gasteiger partial charge in [-0.25, -0.2) is 4.39 Å². The van der Waals surface area contributed by atoms with Gasteiger partial charge in [-0.15, -0.1) is 0 Å². The van der Waals surface area contributed by atoms with Gasteiger partial charge in [-0.05, 0) is 47.1 Å². The topological polar surface area (TPSA) is 0 Å². The molecule has 3 aromatic carbocycles. The Balaban J connectivity index is 1.67. The van der Waals surface area contributed by atoms with Gasteiger partial charge in [-0.2, -0.15) is 0 Å². The molecule has 0 aromatic heterocycles. The van der Waals surface area contributed by atoms with E-state index in [0.717, 1.165) is 30.4 Å². The summed E-state index contributed by atoms with van der Waals surface area (Å²) in [4.78, 5) is 0. The Hall–Kier alpha value is -2.67. The maximum Gasteiger partial charge on any atom is 0.130 e. The van der Waals surface area contributed by atoms with E-state index >= 15 is 0 Å². The normalized spacial score (nSPS) is 12.4. The zero-order valence-corrected chi connectivity index (χ0v) is 16.2. The Labute approximate surface area is 162 Å². The molecule has 138 valence electrons. The number of benzene rings is 3. The first kappa shape index (κ1) is 19.1. The predicted molar refractivity (Wildman–Crippen MR) is 114 cm³/mol. The number of hydrogen-bond donors (Lipinski definition) is 0. The van der Waals surface area contributed by atoms with Crippen molar-refractivity contribution in [2.75, 3.05) is 0 Å². The van der Waals surface area contributed by atoms with E-state index in [0.29, 0.717) is 11.5 Å². The molecule has 0 fully saturated rings. The van der Waals surface area contributed by atoms with Crippen LogP contribution in [0.5, 0.6) is 0 Å². The van der Waals surface area contributed by atoms with E-state index in [1.54, 1.807) is 6.07 Å². The van der Waals surface area contributed by atoms with Crippen LogP contribution in [0, 0.1) is 5.82 Å². The van der Waals surface area contributed by atoms with Gasteiger partial charge in [0, 0.05) is 5.56 Å². The van der Waals surface area contributed by atoms with Crippen LogP contribution in [0.2, 0.25) is 0 Å². The van der Waals surface area contributed by atoms with Gasteiger partial charge in [0.25, 0.3) is 0 Å². The highest BCUT2D eigenvalue weighted by Crippen LogP contribution is 2.22. The minimum Gasteiger partial charge on any atom is -0.206 e. The highest BCUT2D eigenvalue weighted by atomic mass is 19.1. The maximum atomic E-state index is 14.5. The lowest BCUT2D eigenvalue weighted by atomic mass is 9.93. The van der Waals surface area contributed by atoms with E-state index in [2.05, 4.69) is 62.4 Å². The molecule has 27 heavy (non-hydrogen) atoms. The Morgan fingerprint density at radius 3 is 2.22 bits per heavy atom. The second-order valence-electron chi connectivity index (χ2n) is 7.20. The smallest absolute Gasteiger partial charge is 0.130 e. The summed E-state index contributed by atoms with van der Waals surface area (Å²) in [7, 11) is 0. The lowest BCUT2D eigenvalue weighted by molar-refractivity contribution is 0.620. The fourth-order valence-electron chi connectivity index (χ4n) is 3.36. The molecule has 1 atom stereocenters. The van der Waals surface area contributed by atoms with Crippen molar-refractivity contribution in [2.45, 2.75) is 39.0 Å². The predicted octanol–water partition coefficient (Wildman–Crippen LogP) is 7.29. The van der Waals surface area contributed by atoms with Crippen LogP contribution >= 0.6 is 0 Å². The summed E-state index contributed by atoms with van der Waals surface area (Å²) < 4.78 is 14.5. The zero-order valence-electron chi connectivity index (χ0n) is 16.2. The van der Waals surface area contributed by atoms with Gasteiger partial charge in [0.1, 0.15) is 5.82 Å². The van der Waals surface area contributed by atoms with Crippen molar-refractivity contribution in [3.8, 4) is 0 Å². The van der Waals surface area contributed by atoms with Crippen LogP contribution in [0.15, 0.2) is 72.8 Å². The minimum atomic E-state index is -0.161. The summed E-state index contributed by atoms with van der Waals surface area (Å²) in [6.45, 7) is 4.37. The second-order valence-corrected chi connectivity index (χ2v) is 7.20. The van der Waals surface area contributed by atoms with E-state index in [4.69, 9.17) is 0 Å². The molecule has 0 N–H and O–H groups in total. The van der Waals surface area contributed by atoms with Gasteiger partial charge >= 0.3 is 0 Å². The van der Waals surface area contributed by atoms with Crippen molar-refractivity contribution < 1.29 is 4.39 Å². The van der Waals surface area contributed by atoms with Crippen LogP contribution in [-0.2, 0) is 12.8 Å². The van der Waals surface area contributed by atoms with Crippen LogP contribution < -0.4 is 0 Å². The SMILES string of the molecule is CCCc1ccc(C=Cc2ccc(C[C@H](C)c3ccccc3)cc2F)cc1. The van der Waals surface area contributed by atoms with Crippen molar-refractivity contribution in [1.82, 2.24) is 0 Å². The first-order chi connectivity index (χ1) is 13.2. The summed E-state index contributed by atoms with van der Waals surface area (Å²) in [5, 5.41) is 0. The molecule has 3 rings (SSSR count). The monoisotopic (exact) mass is 358 g/mol. The Morgan fingerprint density at radius 2 is 1.56 bits per heavy atom. The quantitative estimate of drug-likeness (QED) is 0.389. The molecule has 0 radical (unpaired) electrons. The van der Waals surface area contributed by atoms with E-state index in [9.17, 15) is 4.39 Å². The van der Waals surface area contributed by atoms with Gasteiger partial charge in [0.15, 0.2) is 0 Å². The van der Waals surface area contributed by atoms with E-state index in [1.807, 2.05) is 30.4 Å². The average Bonchev–Trinajstić information content (AvgIpc) is 2.69. The molecule has 0 heterocycles. The third-order valence-corrected chi connectivity index (χ3v) is 4.95. The fraction of sp³-hybridized carbons (Fsp3) is 0.231. The molecule has 0 nitrogen and oxygen atoms in total. The number of halogens is 1. The number of rotatable bonds is 7. The fourth-order valence-corrected chi connectivity index (χ4v) is 3.36. The van der Waals surface area contributed by atoms with Crippen LogP contribution in [0.4, 0.5) is 4.39 Å². The van der Waals surface area contributed by atoms with E-state index in [1.165, 1.54) is 11.1 Å². The third-order valence-electron chi connectivity index (χ3n) is 4.95. The lowest BCUT2D eigenvalue weighted by Crippen LogP contribution is -1.99. The van der Waals surface area contributed by atoms with Crippen LogP contribution in [0.1, 0.15) is 54.0 Å². The standard InChI is InChI=1S/C26H27F/c1-3-7-21-10-12-22(13-11-21)14-16-25-17-15-23(19-26(25)27)18-20(2)24-8-5-4-6-9-24/h4-6,8-17,19-20H,3,7,18H2,1-2H3/t20-/m0/s1.